The van der Waals surface area contributed by atoms with Crippen LogP contribution >= 0.6 is 11.6 Å². The average molecular weight is 322 g/mol. The van der Waals surface area contributed by atoms with Gasteiger partial charge in [0.1, 0.15) is 4.90 Å². The molecule has 0 bridgehead atoms. The number of rotatable bonds is 7. The van der Waals surface area contributed by atoms with E-state index < -0.39 is 10.0 Å². The van der Waals surface area contributed by atoms with Gasteiger partial charge in [0.25, 0.3) is 0 Å². The predicted molar refractivity (Wildman–Crippen MR) is 81.7 cm³/mol. The zero-order valence-electron chi connectivity index (χ0n) is 12.9. The Morgan fingerprint density at radius 3 is 2.40 bits per heavy atom. The molecule has 0 aliphatic carbocycles. The summed E-state index contributed by atoms with van der Waals surface area (Å²) in [6, 6.07) is -0.0276. The average Bonchev–Trinajstić information content (AvgIpc) is 2.65. The minimum absolute atomic E-state index is 0.0276. The van der Waals surface area contributed by atoms with Gasteiger partial charge in [0.2, 0.25) is 10.0 Å². The first kappa shape index (κ1) is 17.5. The SMILES string of the molecule is CCC(C)N(CC)S(=O)(=O)c1c(C)nn(CCCl)c1C. The van der Waals surface area contributed by atoms with E-state index in [1.165, 1.54) is 4.31 Å². The minimum atomic E-state index is -3.51. The maximum atomic E-state index is 12.9. The third-order valence-corrected chi connectivity index (χ3v) is 6.08. The first-order valence-electron chi connectivity index (χ1n) is 6.92. The first-order valence-corrected chi connectivity index (χ1v) is 8.90. The van der Waals surface area contributed by atoms with Crippen molar-refractivity contribution < 1.29 is 8.42 Å². The van der Waals surface area contributed by atoms with Gasteiger partial charge in [0.05, 0.1) is 17.9 Å². The Balaban J connectivity index is 3.35. The summed E-state index contributed by atoms with van der Waals surface area (Å²) in [4.78, 5) is 0.324. The van der Waals surface area contributed by atoms with E-state index in [1.54, 1.807) is 18.5 Å². The van der Waals surface area contributed by atoms with Crippen molar-refractivity contribution in [2.45, 2.75) is 58.5 Å². The summed E-state index contributed by atoms with van der Waals surface area (Å²) in [5, 5.41) is 4.29. The summed E-state index contributed by atoms with van der Waals surface area (Å²) >= 11 is 5.73. The molecule has 0 saturated carbocycles. The van der Waals surface area contributed by atoms with Crippen molar-refractivity contribution in [1.82, 2.24) is 14.1 Å². The number of aryl methyl sites for hydroxylation is 2. The normalized spacial score (nSPS) is 13.9. The highest BCUT2D eigenvalue weighted by atomic mass is 35.5. The van der Waals surface area contributed by atoms with Gasteiger partial charge in [-0.3, -0.25) is 4.68 Å². The van der Waals surface area contributed by atoms with E-state index in [4.69, 9.17) is 11.6 Å². The van der Waals surface area contributed by atoms with E-state index in [-0.39, 0.29) is 6.04 Å². The molecular formula is C13H24ClN3O2S. The topological polar surface area (TPSA) is 55.2 Å². The van der Waals surface area contributed by atoms with Crippen molar-refractivity contribution in [2.24, 2.45) is 0 Å². The van der Waals surface area contributed by atoms with Gasteiger partial charge >= 0.3 is 0 Å². The van der Waals surface area contributed by atoms with Crippen molar-refractivity contribution >= 4 is 21.6 Å². The van der Waals surface area contributed by atoms with Crippen molar-refractivity contribution in [3.63, 3.8) is 0 Å². The second kappa shape index (κ2) is 6.91. The predicted octanol–water partition coefficient (Wildman–Crippen LogP) is 2.55. The van der Waals surface area contributed by atoms with Crippen LogP contribution in [0.1, 0.15) is 38.6 Å². The Labute approximate surface area is 127 Å². The summed E-state index contributed by atoms with van der Waals surface area (Å²) < 4.78 is 28.9. The molecule has 0 spiro atoms. The molecule has 0 aliphatic rings. The first-order chi connectivity index (χ1) is 9.31. The van der Waals surface area contributed by atoms with Gasteiger partial charge in [-0.1, -0.05) is 13.8 Å². The minimum Gasteiger partial charge on any atom is -0.267 e. The lowest BCUT2D eigenvalue weighted by molar-refractivity contribution is 0.342. The zero-order valence-corrected chi connectivity index (χ0v) is 14.4. The molecule has 0 fully saturated rings. The van der Waals surface area contributed by atoms with Crippen LogP contribution in [0, 0.1) is 13.8 Å². The van der Waals surface area contributed by atoms with Gasteiger partial charge in [-0.2, -0.15) is 9.40 Å². The van der Waals surface area contributed by atoms with Crippen molar-refractivity contribution in [1.29, 1.82) is 0 Å². The van der Waals surface area contributed by atoms with E-state index in [1.807, 2.05) is 20.8 Å². The fraction of sp³-hybridized carbons (Fsp3) is 0.769. The van der Waals surface area contributed by atoms with Crippen LogP contribution in [0.2, 0.25) is 0 Å². The second-order valence-electron chi connectivity index (χ2n) is 4.88. The summed E-state index contributed by atoms with van der Waals surface area (Å²) in [5.74, 6) is 0.407. The molecule has 0 aromatic carbocycles. The van der Waals surface area contributed by atoms with Gasteiger partial charge < -0.3 is 0 Å². The Morgan fingerprint density at radius 2 is 1.95 bits per heavy atom. The lowest BCUT2D eigenvalue weighted by atomic mass is 10.3. The van der Waals surface area contributed by atoms with Crippen LogP contribution in [0.25, 0.3) is 0 Å². The standard InChI is InChI=1S/C13H24ClN3O2S/c1-6-10(3)17(7-2)20(18,19)13-11(4)15-16(9-8-14)12(13)5/h10H,6-9H2,1-5H3. The fourth-order valence-corrected chi connectivity index (χ4v) is 4.64. The lowest BCUT2D eigenvalue weighted by Gasteiger charge is -2.26. The Kier molecular flexibility index (Phi) is 6.04. The summed E-state index contributed by atoms with van der Waals surface area (Å²) in [5.41, 5.74) is 1.19. The van der Waals surface area contributed by atoms with Crippen LogP contribution in [0.3, 0.4) is 0 Å². The molecule has 0 amide bonds. The van der Waals surface area contributed by atoms with Crippen molar-refractivity contribution in [2.75, 3.05) is 12.4 Å². The molecule has 1 unspecified atom stereocenters. The Hall–Kier alpha value is -0.590. The Bertz CT molecular complexity index is 554. The Morgan fingerprint density at radius 1 is 1.35 bits per heavy atom. The molecule has 0 N–H and O–H groups in total. The molecule has 1 atom stereocenters. The number of hydrogen-bond donors (Lipinski definition) is 0. The molecule has 7 heteroatoms. The van der Waals surface area contributed by atoms with E-state index in [0.29, 0.717) is 35.3 Å². The molecule has 1 aromatic rings. The van der Waals surface area contributed by atoms with E-state index >= 15 is 0 Å². The number of halogens is 1. The number of hydrogen-bond acceptors (Lipinski definition) is 3. The molecule has 0 radical (unpaired) electrons. The molecule has 0 aliphatic heterocycles. The molecule has 1 heterocycles. The van der Waals surface area contributed by atoms with Gasteiger partial charge in [0, 0.05) is 18.5 Å². The van der Waals surface area contributed by atoms with Gasteiger partial charge in [0.15, 0.2) is 0 Å². The van der Waals surface area contributed by atoms with Gasteiger partial charge in [-0.25, -0.2) is 8.42 Å². The number of sulfonamides is 1. The van der Waals surface area contributed by atoms with Crippen LogP contribution in [0.5, 0.6) is 0 Å². The van der Waals surface area contributed by atoms with Crippen LogP contribution in [-0.4, -0.2) is 41.0 Å². The van der Waals surface area contributed by atoms with Crippen LogP contribution < -0.4 is 0 Å². The largest absolute Gasteiger partial charge is 0.267 e. The molecule has 0 saturated heterocycles. The maximum absolute atomic E-state index is 12.9. The molecule has 20 heavy (non-hydrogen) atoms. The molecule has 1 aromatic heterocycles. The lowest BCUT2D eigenvalue weighted by Crippen LogP contribution is -2.38. The maximum Gasteiger partial charge on any atom is 0.246 e. The molecule has 5 nitrogen and oxygen atoms in total. The van der Waals surface area contributed by atoms with Gasteiger partial charge in [-0.05, 0) is 27.2 Å². The van der Waals surface area contributed by atoms with Crippen LogP contribution in [0.4, 0.5) is 0 Å². The van der Waals surface area contributed by atoms with Crippen molar-refractivity contribution in [3.05, 3.63) is 11.4 Å². The summed E-state index contributed by atoms with van der Waals surface area (Å²) in [7, 11) is -3.51. The molecular weight excluding hydrogens is 298 g/mol. The van der Waals surface area contributed by atoms with E-state index in [2.05, 4.69) is 5.10 Å². The zero-order chi connectivity index (χ0) is 15.5. The third-order valence-electron chi connectivity index (χ3n) is 3.57. The number of nitrogens with zero attached hydrogens (tertiary/aromatic N) is 3. The number of aromatic nitrogens is 2. The highest BCUT2D eigenvalue weighted by Crippen LogP contribution is 2.25. The fourth-order valence-electron chi connectivity index (χ4n) is 2.39. The molecule has 1 rings (SSSR count). The smallest absolute Gasteiger partial charge is 0.246 e. The molecule has 116 valence electrons. The summed E-state index contributed by atoms with van der Waals surface area (Å²) in [6.07, 6.45) is 0.779. The monoisotopic (exact) mass is 321 g/mol. The third kappa shape index (κ3) is 3.18. The van der Waals surface area contributed by atoms with E-state index in [9.17, 15) is 8.42 Å². The van der Waals surface area contributed by atoms with Gasteiger partial charge in [-0.15, -0.1) is 11.6 Å². The highest BCUT2D eigenvalue weighted by Gasteiger charge is 2.32. The van der Waals surface area contributed by atoms with E-state index in [0.717, 1.165) is 6.42 Å². The highest BCUT2D eigenvalue weighted by molar-refractivity contribution is 7.89. The quantitative estimate of drug-likeness (QED) is 0.725. The van der Waals surface area contributed by atoms with Crippen LogP contribution in [0.15, 0.2) is 4.90 Å². The second-order valence-corrected chi connectivity index (χ2v) is 7.08. The van der Waals surface area contributed by atoms with Crippen LogP contribution in [-0.2, 0) is 16.6 Å². The number of alkyl halides is 1. The van der Waals surface area contributed by atoms with Crippen molar-refractivity contribution in [3.8, 4) is 0 Å². The summed E-state index contributed by atoms with van der Waals surface area (Å²) in [6.45, 7) is 10.3.